The van der Waals surface area contributed by atoms with Gasteiger partial charge in [-0.1, -0.05) is 30.3 Å². The molecule has 0 aliphatic carbocycles. The van der Waals surface area contributed by atoms with Crippen molar-refractivity contribution in [2.75, 3.05) is 36.1 Å². The number of nitrogens with one attached hydrogen (secondary N) is 4. The third kappa shape index (κ3) is 5.65. The van der Waals surface area contributed by atoms with Crippen LogP contribution in [-0.4, -0.2) is 36.1 Å². The molecule has 0 spiro atoms. The van der Waals surface area contributed by atoms with E-state index in [1.165, 1.54) is 0 Å². The van der Waals surface area contributed by atoms with Crippen molar-refractivity contribution in [2.45, 2.75) is 19.8 Å². The number of carbonyl (C=O) groups is 1. The fraction of sp³-hybridized carbons (Fsp3) is 0.286. The van der Waals surface area contributed by atoms with Gasteiger partial charge in [0.15, 0.2) is 0 Å². The quantitative estimate of drug-likeness (QED) is 0.445. The molecule has 0 bridgehead atoms. The van der Waals surface area contributed by atoms with Crippen LogP contribution < -0.4 is 21.3 Å². The molecule has 2 amide bonds. The fourth-order valence-corrected chi connectivity index (χ4v) is 2.89. The van der Waals surface area contributed by atoms with Crippen molar-refractivity contribution >= 4 is 34.3 Å². The monoisotopic (exact) mass is 378 g/mol. The normalized spacial score (nSPS) is 10.6. The molecule has 2 aromatic carbocycles. The van der Waals surface area contributed by atoms with Crippen LogP contribution in [0.1, 0.15) is 18.5 Å². The van der Waals surface area contributed by atoms with Crippen LogP contribution in [0.5, 0.6) is 0 Å². The second kappa shape index (κ2) is 9.66. The molecule has 28 heavy (non-hydrogen) atoms. The number of aromatic nitrogens is 2. The van der Waals surface area contributed by atoms with Crippen molar-refractivity contribution < 1.29 is 4.79 Å². The van der Waals surface area contributed by atoms with Gasteiger partial charge < -0.3 is 16.0 Å². The third-order valence-corrected chi connectivity index (χ3v) is 4.25. The number of urea groups is 1. The summed E-state index contributed by atoms with van der Waals surface area (Å²) >= 11 is 0. The first-order valence-corrected chi connectivity index (χ1v) is 9.45. The first kappa shape index (κ1) is 19.6. The predicted molar refractivity (Wildman–Crippen MR) is 115 cm³/mol. The largest absolute Gasteiger partial charge is 0.370 e. The van der Waals surface area contributed by atoms with Gasteiger partial charge in [-0.25, -0.2) is 9.78 Å². The first-order chi connectivity index (χ1) is 13.6. The Hall–Kier alpha value is -3.19. The minimum absolute atomic E-state index is 0.274. The molecule has 0 saturated carbocycles. The summed E-state index contributed by atoms with van der Waals surface area (Å²) in [6, 6.07) is 15.3. The summed E-state index contributed by atoms with van der Waals surface area (Å²) in [5, 5.41) is 14.1. The van der Waals surface area contributed by atoms with E-state index in [4.69, 9.17) is 0 Å². The third-order valence-electron chi connectivity index (χ3n) is 4.25. The molecule has 1 aromatic heterocycles. The highest BCUT2D eigenvalue weighted by atomic mass is 16.2. The smallest absolute Gasteiger partial charge is 0.326 e. The van der Waals surface area contributed by atoms with E-state index in [1.807, 2.05) is 62.5 Å². The zero-order valence-electron chi connectivity index (χ0n) is 16.2. The lowest BCUT2D eigenvalue weighted by atomic mass is 10.1. The van der Waals surface area contributed by atoms with Gasteiger partial charge in [0.1, 0.15) is 5.82 Å². The number of aryl methyl sites for hydroxylation is 1. The van der Waals surface area contributed by atoms with Gasteiger partial charge in [0.2, 0.25) is 5.95 Å². The highest BCUT2D eigenvalue weighted by Gasteiger charge is 2.08. The van der Waals surface area contributed by atoms with Crippen molar-refractivity contribution in [1.29, 1.82) is 0 Å². The molecule has 0 radical (unpaired) electrons. The molecule has 7 heteroatoms. The number of rotatable bonds is 8. The van der Waals surface area contributed by atoms with Crippen molar-refractivity contribution in [3.8, 4) is 0 Å². The highest BCUT2D eigenvalue weighted by Crippen LogP contribution is 2.19. The average Bonchev–Trinajstić information content (AvgIpc) is 2.67. The molecular weight excluding hydrogens is 352 g/mol. The number of carbonyl (C=O) groups excluding carboxylic acids is 1. The highest BCUT2D eigenvalue weighted by molar-refractivity contribution is 6.00. The van der Waals surface area contributed by atoms with E-state index >= 15 is 0 Å². The van der Waals surface area contributed by atoms with Crippen molar-refractivity contribution in [3.05, 3.63) is 54.2 Å². The summed E-state index contributed by atoms with van der Waals surface area (Å²) in [7, 11) is 1.95. The van der Waals surface area contributed by atoms with E-state index in [0.29, 0.717) is 11.5 Å². The molecule has 0 saturated heterocycles. The van der Waals surface area contributed by atoms with Crippen LogP contribution in [0.4, 0.5) is 22.2 Å². The summed E-state index contributed by atoms with van der Waals surface area (Å²) in [6.45, 7) is 3.69. The maximum Gasteiger partial charge on any atom is 0.326 e. The Kier molecular flexibility index (Phi) is 6.75. The maximum absolute atomic E-state index is 12.3. The van der Waals surface area contributed by atoms with Crippen LogP contribution in [0, 0.1) is 6.92 Å². The van der Waals surface area contributed by atoms with E-state index in [1.54, 1.807) is 0 Å². The Balaban J connectivity index is 1.59. The van der Waals surface area contributed by atoms with E-state index in [9.17, 15) is 4.79 Å². The Morgan fingerprint density at radius 1 is 0.929 bits per heavy atom. The SMILES string of the molecule is CNCCCCNc1cc(C)nc(NC(=O)Nc2ccc3ccccc3c2)n1. The lowest BCUT2D eigenvalue weighted by Crippen LogP contribution is -2.21. The van der Waals surface area contributed by atoms with Gasteiger partial charge in [0.05, 0.1) is 0 Å². The van der Waals surface area contributed by atoms with Crippen LogP contribution in [0.15, 0.2) is 48.5 Å². The van der Waals surface area contributed by atoms with Gasteiger partial charge in [-0.3, -0.25) is 5.32 Å². The minimum atomic E-state index is -0.374. The standard InChI is InChI=1S/C21H26N6O/c1-15-13-19(23-12-6-5-11-22-2)26-20(24-15)27-21(28)25-18-10-9-16-7-3-4-8-17(16)14-18/h3-4,7-10,13-14,22H,5-6,11-12H2,1-2H3,(H3,23,24,25,26,27,28). The summed E-state index contributed by atoms with van der Waals surface area (Å²) in [4.78, 5) is 21.0. The second-order valence-electron chi connectivity index (χ2n) is 6.60. The second-order valence-corrected chi connectivity index (χ2v) is 6.60. The number of amides is 2. The van der Waals surface area contributed by atoms with Crippen LogP contribution in [-0.2, 0) is 0 Å². The van der Waals surface area contributed by atoms with Gasteiger partial charge in [-0.2, -0.15) is 4.98 Å². The topological polar surface area (TPSA) is 91.0 Å². The van der Waals surface area contributed by atoms with Gasteiger partial charge in [-0.05, 0) is 56.3 Å². The van der Waals surface area contributed by atoms with E-state index in [0.717, 1.165) is 42.4 Å². The van der Waals surface area contributed by atoms with Gasteiger partial charge in [0.25, 0.3) is 0 Å². The minimum Gasteiger partial charge on any atom is -0.370 e. The molecule has 146 valence electrons. The molecule has 0 aliphatic rings. The number of anilines is 3. The van der Waals surface area contributed by atoms with Crippen LogP contribution >= 0.6 is 0 Å². The van der Waals surface area contributed by atoms with E-state index < -0.39 is 0 Å². The van der Waals surface area contributed by atoms with Crippen molar-refractivity contribution in [2.24, 2.45) is 0 Å². The summed E-state index contributed by atoms with van der Waals surface area (Å²) < 4.78 is 0. The molecule has 0 aliphatic heterocycles. The van der Waals surface area contributed by atoms with Gasteiger partial charge in [-0.15, -0.1) is 0 Å². The van der Waals surface area contributed by atoms with Crippen LogP contribution in [0.2, 0.25) is 0 Å². The van der Waals surface area contributed by atoms with Gasteiger partial charge >= 0.3 is 6.03 Å². The average molecular weight is 378 g/mol. The van der Waals surface area contributed by atoms with Crippen LogP contribution in [0.3, 0.4) is 0 Å². The van der Waals surface area contributed by atoms with Crippen molar-refractivity contribution in [1.82, 2.24) is 15.3 Å². The van der Waals surface area contributed by atoms with E-state index in [2.05, 4.69) is 31.2 Å². The zero-order chi connectivity index (χ0) is 19.8. The molecule has 0 atom stereocenters. The molecular formula is C21H26N6O. The Morgan fingerprint density at radius 3 is 2.54 bits per heavy atom. The van der Waals surface area contributed by atoms with Crippen LogP contribution in [0.25, 0.3) is 10.8 Å². The molecule has 4 N–H and O–H groups in total. The predicted octanol–water partition coefficient (Wildman–Crippen LogP) is 3.99. The molecule has 3 rings (SSSR count). The summed E-state index contributed by atoms with van der Waals surface area (Å²) in [6.07, 6.45) is 2.13. The van der Waals surface area contributed by atoms with E-state index in [-0.39, 0.29) is 12.0 Å². The number of hydrogen-bond acceptors (Lipinski definition) is 5. The number of unbranched alkanes of at least 4 members (excludes halogenated alkanes) is 1. The Bertz CT molecular complexity index is 943. The van der Waals surface area contributed by atoms with Gasteiger partial charge in [0, 0.05) is 24.0 Å². The molecule has 0 unspecified atom stereocenters. The lowest BCUT2D eigenvalue weighted by molar-refractivity contribution is 0.262. The first-order valence-electron chi connectivity index (χ1n) is 9.45. The molecule has 3 aromatic rings. The zero-order valence-corrected chi connectivity index (χ0v) is 16.2. The Labute approximate surface area is 165 Å². The maximum atomic E-state index is 12.3. The molecule has 1 heterocycles. The number of benzene rings is 2. The Morgan fingerprint density at radius 2 is 1.71 bits per heavy atom. The molecule has 7 nitrogen and oxygen atoms in total. The summed E-state index contributed by atoms with van der Waals surface area (Å²) in [5.74, 6) is 0.981. The summed E-state index contributed by atoms with van der Waals surface area (Å²) in [5.41, 5.74) is 1.50. The number of hydrogen-bond donors (Lipinski definition) is 4. The fourth-order valence-electron chi connectivity index (χ4n) is 2.89. The molecule has 0 fully saturated rings. The number of fused-ring (bicyclic) bond motifs is 1. The lowest BCUT2D eigenvalue weighted by Gasteiger charge is -2.10. The van der Waals surface area contributed by atoms with Crippen molar-refractivity contribution in [3.63, 3.8) is 0 Å². The number of nitrogens with zero attached hydrogens (tertiary/aromatic N) is 2.